The molecule has 1 spiro atoms. The number of hydrogen-bond acceptors (Lipinski definition) is 5. The number of hydrogen-bond donors (Lipinski definition) is 2. The van der Waals surface area contributed by atoms with E-state index in [4.69, 9.17) is 4.98 Å². The topological polar surface area (TPSA) is 87.5 Å². The molecule has 0 radical (unpaired) electrons. The van der Waals surface area contributed by atoms with Crippen LogP contribution >= 0.6 is 0 Å². The Hall–Kier alpha value is -3.49. The van der Waals surface area contributed by atoms with Crippen molar-refractivity contribution in [3.63, 3.8) is 0 Å². The van der Waals surface area contributed by atoms with Crippen LogP contribution in [-0.4, -0.2) is 39.6 Å². The first-order valence-electron chi connectivity index (χ1n) is 11.3. The van der Waals surface area contributed by atoms with E-state index in [2.05, 4.69) is 5.32 Å². The Morgan fingerprint density at radius 1 is 1.21 bits per heavy atom. The fraction of sp³-hybridized carbons (Fsp3) is 0.400. The summed E-state index contributed by atoms with van der Waals surface area (Å²) in [5, 5.41) is 13.2. The largest absolute Gasteiger partial charge is 0.478 e. The Morgan fingerprint density at radius 2 is 1.91 bits per heavy atom. The van der Waals surface area contributed by atoms with Crippen molar-refractivity contribution in [2.24, 2.45) is 12.5 Å². The summed E-state index contributed by atoms with van der Waals surface area (Å²) in [7, 11) is 1.61. The van der Waals surface area contributed by atoms with Crippen molar-refractivity contribution in [3.8, 4) is 0 Å². The van der Waals surface area contributed by atoms with Crippen molar-refractivity contribution < 1.29 is 18.7 Å². The molecule has 0 amide bonds. The molecule has 1 unspecified atom stereocenters. The molecule has 34 heavy (non-hydrogen) atoms. The number of aromatic nitrogens is 2. The highest BCUT2D eigenvalue weighted by atomic mass is 19.3. The van der Waals surface area contributed by atoms with Crippen LogP contribution < -0.4 is 15.8 Å². The third-order valence-electron chi connectivity index (χ3n) is 7.29. The third-order valence-corrected chi connectivity index (χ3v) is 7.29. The Bertz CT molecular complexity index is 1380. The Balaban J connectivity index is 1.55. The monoisotopic (exact) mass is 468 g/mol. The number of benzene rings is 2. The highest BCUT2D eigenvalue weighted by molar-refractivity contribution is 5.94. The van der Waals surface area contributed by atoms with Gasteiger partial charge in [-0.15, -0.1) is 0 Å². The van der Waals surface area contributed by atoms with Gasteiger partial charge in [-0.25, -0.2) is 18.6 Å². The molecule has 5 rings (SSSR count). The van der Waals surface area contributed by atoms with Gasteiger partial charge in [-0.1, -0.05) is 18.2 Å². The number of nitrogens with zero attached hydrogens (tertiary/aromatic N) is 3. The van der Waals surface area contributed by atoms with Crippen molar-refractivity contribution in [3.05, 3.63) is 63.4 Å². The normalized spacial score (nSPS) is 18.9. The van der Waals surface area contributed by atoms with Gasteiger partial charge in [0.2, 0.25) is 5.95 Å². The summed E-state index contributed by atoms with van der Waals surface area (Å²) in [4.78, 5) is 31.4. The Kier molecular flexibility index (Phi) is 4.93. The standard InChI is InChI=1S/C25H26F2N4O3/c1-14-10-17(15(2)28-19-7-5-4-6-16(19)22(33)34)20-18(11-14)21(32)30(3)23(29-20)31-12-24(13-31)8-9-25(24,26)27/h4-7,10-11,15,28H,8-9,12-13H2,1-3H3,(H,33,34). The molecule has 9 heteroatoms. The summed E-state index contributed by atoms with van der Waals surface area (Å²) in [6, 6.07) is 9.93. The number of anilines is 2. The van der Waals surface area contributed by atoms with E-state index >= 15 is 0 Å². The number of aryl methyl sites for hydroxylation is 1. The van der Waals surface area contributed by atoms with E-state index in [1.54, 1.807) is 36.2 Å². The number of halogens is 2. The molecule has 7 nitrogen and oxygen atoms in total. The minimum absolute atomic E-state index is 0.0880. The fourth-order valence-electron chi connectivity index (χ4n) is 5.14. The SMILES string of the molecule is Cc1cc(C(C)Nc2ccccc2C(=O)O)c2nc(N3CC4(CCC4(F)F)C3)n(C)c(=O)c2c1. The summed E-state index contributed by atoms with van der Waals surface area (Å²) >= 11 is 0. The Morgan fingerprint density at radius 3 is 2.53 bits per heavy atom. The van der Waals surface area contributed by atoms with Crippen LogP contribution in [0.25, 0.3) is 10.9 Å². The summed E-state index contributed by atoms with van der Waals surface area (Å²) in [6.07, 6.45) is 0.391. The van der Waals surface area contributed by atoms with E-state index < -0.39 is 17.3 Å². The van der Waals surface area contributed by atoms with Gasteiger partial charge in [0.1, 0.15) is 0 Å². The molecular weight excluding hydrogens is 442 g/mol. The molecular formula is C25H26F2N4O3. The molecule has 1 saturated carbocycles. The number of aromatic carboxylic acids is 1. The zero-order chi connectivity index (χ0) is 24.4. The molecule has 2 N–H and O–H groups in total. The van der Waals surface area contributed by atoms with Gasteiger partial charge in [-0.3, -0.25) is 9.36 Å². The predicted octanol–water partition coefficient (Wildman–Crippen LogP) is 4.35. The number of carboxylic acid groups (broad SMARTS) is 1. The first-order valence-corrected chi connectivity index (χ1v) is 11.3. The lowest BCUT2D eigenvalue weighted by molar-refractivity contribution is -0.213. The second kappa shape index (κ2) is 7.51. The van der Waals surface area contributed by atoms with Gasteiger partial charge in [0.25, 0.3) is 11.5 Å². The molecule has 178 valence electrons. The van der Waals surface area contributed by atoms with Crippen LogP contribution in [0.4, 0.5) is 20.4 Å². The molecule has 2 heterocycles. The van der Waals surface area contributed by atoms with Crippen molar-refractivity contribution >= 4 is 28.5 Å². The van der Waals surface area contributed by atoms with Crippen LogP contribution in [0.1, 0.15) is 47.3 Å². The van der Waals surface area contributed by atoms with Crippen LogP contribution in [0.2, 0.25) is 0 Å². The zero-order valence-corrected chi connectivity index (χ0v) is 19.2. The first-order chi connectivity index (χ1) is 16.0. The van der Waals surface area contributed by atoms with Gasteiger partial charge in [0.05, 0.1) is 27.9 Å². The molecule has 2 aliphatic rings. The van der Waals surface area contributed by atoms with Crippen LogP contribution in [0, 0.1) is 12.3 Å². The second-order valence-electron chi connectivity index (χ2n) is 9.58. The minimum atomic E-state index is -2.67. The van der Waals surface area contributed by atoms with E-state index in [0.29, 0.717) is 29.0 Å². The maximum absolute atomic E-state index is 14.1. The lowest BCUT2D eigenvalue weighted by Gasteiger charge is -2.60. The highest BCUT2D eigenvalue weighted by Crippen LogP contribution is 2.59. The van der Waals surface area contributed by atoms with Gasteiger partial charge in [-0.2, -0.15) is 0 Å². The molecule has 2 aromatic carbocycles. The smallest absolute Gasteiger partial charge is 0.337 e. The van der Waals surface area contributed by atoms with Crippen LogP contribution in [-0.2, 0) is 7.05 Å². The quantitative estimate of drug-likeness (QED) is 0.579. The van der Waals surface area contributed by atoms with E-state index in [-0.39, 0.29) is 36.7 Å². The highest BCUT2D eigenvalue weighted by Gasteiger charge is 2.67. The lowest BCUT2D eigenvalue weighted by atomic mass is 9.60. The number of carbonyl (C=O) groups is 1. The molecule has 0 bridgehead atoms. The maximum Gasteiger partial charge on any atom is 0.337 e. The molecule has 1 atom stereocenters. The Labute approximate surface area is 195 Å². The molecule has 2 fully saturated rings. The number of alkyl halides is 2. The molecule has 1 aromatic heterocycles. The third kappa shape index (κ3) is 3.25. The van der Waals surface area contributed by atoms with Crippen LogP contribution in [0.5, 0.6) is 0 Å². The van der Waals surface area contributed by atoms with Crippen molar-refractivity contribution in [2.45, 2.75) is 38.7 Å². The number of carboxylic acids is 1. The molecule has 1 aliphatic heterocycles. The van der Waals surface area contributed by atoms with E-state index in [1.165, 1.54) is 10.6 Å². The number of fused-ring (bicyclic) bond motifs is 1. The second-order valence-corrected chi connectivity index (χ2v) is 9.58. The van der Waals surface area contributed by atoms with Gasteiger partial charge < -0.3 is 15.3 Å². The molecule has 1 saturated heterocycles. The number of rotatable bonds is 5. The van der Waals surface area contributed by atoms with Gasteiger partial charge >= 0.3 is 5.97 Å². The minimum Gasteiger partial charge on any atom is -0.478 e. The number of nitrogens with one attached hydrogen (secondary N) is 1. The first kappa shape index (κ1) is 22.3. The van der Waals surface area contributed by atoms with Crippen molar-refractivity contribution in [2.75, 3.05) is 23.3 Å². The van der Waals surface area contributed by atoms with Gasteiger partial charge in [-0.05, 0) is 44.0 Å². The van der Waals surface area contributed by atoms with Crippen molar-refractivity contribution in [1.82, 2.24) is 9.55 Å². The summed E-state index contributed by atoms with van der Waals surface area (Å²) in [5.41, 5.74) is 1.43. The molecule has 3 aromatic rings. The van der Waals surface area contributed by atoms with E-state index in [1.807, 2.05) is 19.9 Å². The van der Waals surface area contributed by atoms with Gasteiger partial charge in [0, 0.05) is 37.8 Å². The summed E-state index contributed by atoms with van der Waals surface area (Å²) in [6.45, 7) is 4.10. The zero-order valence-electron chi connectivity index (χ0n) is 19.2. The average molecular weight is 469 g/mol. The van der Waals surface area contributed by atoms with E-state index in [9.17, 15) is 23.5 Å². The average Bonchev–Trinajstić information content (AvgIpc) is 2.75. The maximum atomic E-state index is 14.1. The van der Waals surface area contributed by atoms with Crippen LogP contribution in [0.3, 0.4) is 0 Å². The summed E-state index contributed by atoms with van der Waals surface area (Å²) in [5.74, 6) is -3.34. The fourth-order valence-corrected chi connectivity index (χ4v) is 5.14. The van der Waals surface area contributed by atoms with E-state index in [0.717, 1.165) is 11.1 Å². The van der Waals surface area contributed by atoms with Gasteiger partial charge in [0.15, 0.2) is 0 Å². The number of para-hydroxylation sites is 1. The lowest BCUT2D eigenvalue weighted by Crippen LogP contribution is -2.70. The predicted molar refractivity (Wildman–Crippen MR) is 126 cm³/mol. The van der Waals surface area contributed by atoms with Crippen LogP contribution in [0.15, 0.2) is 41.2 Å². The van der Waals surface area contributed by atoms with Crippen molar-refractivity contribution in [1.29, 1.82) is 0 Å². The molecule has 1 aliphatic carbocycles. The summed E-state index contributed by atoms with van der Waals surface area (Å²) < 4.78 is 29.6.